The molecule has 11 nitrogen and oxygen atoms in total. The maximum atomic E-state index is 13.4. The molecule has 0 saturated carbocycles. The standard InChI is InChI=1S/C25H40N6O5/c1-25(2,3)36-24(34)30-19(17-35-16-18-10-5-4-6-11-18)22(33)31-15-9-12-20(31)21(32)28-13-7-8-14-29-23(26)27/h4-6,10-11,19-20H,7-9,12-17H2,1-3H3,(H,28,32)(H,30,34)(H4,26,27,29)/t19-,20+/m1/s1. The minimum atomic E-state index is -0.989. The highest BCUT2D eigenvalue weighted by Gasteiger charge is 2.38. The van der Waals surface area contributed by atoms with Crippen molar-refractivity contribution in [3.05, 3.63) is 35.9 Å². The number of nitrogens with zero attached hydrogens (tertiary/aromatic N) is 2. The minimum Gasteiger partial charge on any atom is -0.444 e. The van der Waals surface area contributed by atoms with Gasteiger partial charge in [0.2, 0.25) is 11.8 Å². The van der Waals surface area contributed by atoms with E-state index in [1.165, 1.54) is 4.90 Å². The van der Waals surface area contributed by atoms with Crippen molar-refractivity contribution in [3.63, 3.8) is 0 Å². The lowest BCUT2D eigenvalue weighted by Gasteiger charge is -2.29. The average molecular weight is 505 g/mol. The number of carbonyl (C=O) groups excluding carboxylic acids is 3. The second-order valence-electron chi connectivity index (χ2n) is 9.69. The first kappa shape index (κ1) is 28.9. The van der Waals surface area contributed by atoms with Gasteiger partial charge in [0.25, 0.3) is 0 Å². The molecule has 2 atom stereocenters. The molecule has 6 N–H and O–H groups in total. The Morgan fingerprint density at radius 2 is 1.89 bits per heavy atom. The highest BCUT2D eigenvalue weighted by atomic mass is 16.6. The number of guanidine groups is 1. The molecule has 0 radical (unpaired) electrons. The first-order valence-corrected chi connectivity index (χ1v) is 12.3. The molecule has 1 aromatic rings. The topological polar surface area (TPSA) is 161 Å². The number of likely N-dealkylation sites (tertiary alicyclic amines) is 1. The van der Waals surface area contributed by atoms with Crippen LogP contribution < -0.4 is 22.1 Å². The zero-order valence-corrected chi connectivity index (χ0v) is 21.5. The summed E-state index contributed by atoms with van der Waals surface area (Å²) in [6.45, 7) is 6.83. The minimum absolute atomic E-state index is 0.0430. The highest BCUT2D eigenvalue weighted by molar-refractivity contribution is 5.92. The van der Waals surface area contributed by atoms with Gasteiger partial charge in [-0.2, -0.15) is 0 Å². The molecule has 1 heterocycles. The molecule has 1 fully saturated rings. The van der Waals surface area contributed by atoms with Gasteiger partial charge in [0, 0.05) is 19.6 Å². The van der Waals surface area contributed by atoms with Gasteiger partial charge in [0.15, 0.2) is 5.96 Å². The number of ether oxygens (including phenoxy) is 2. The Morgan fingerprint density at radius 3 is 2.56 bits per heavy atom. The predicted molar refractivity (Wildman–Crippen MR) is 137 cm³/mol. The number of hydrogen-bond acceptors (Lipinski definition) is 6. The summed E-state index contributed by atoms with van der Waals surface area (Å²) >= 11 is 0. The van der Waals surface area contributed by atoms with E-state index >= 15 is 0 Å². The van der Waals surface area contributed by atoms with Gasteiger partial charge < -0.3 is 36.5 Å². The molecule has 0 spiro atoms. The number of amides is 3. The van der Waals surface area contributed by atoms with Crippen molar-refractivity contribution >= 4 is 23.9 Å². The van der Waals surface area contributed by atoms with Gasteiger partial charge in [-0.3, -0.25) is 14.6 Å². The number of nitrogens with two attached hydrogens (primary N) is 2. The van der Waals surface area contributed by atoms with Crippen LogP contribution in [-0.4, -0.2) is 72.7 Å². The number of alkyl carbamates (subject to hydrolysis) is 1. The van der Waals surface area contributed by atoms with E-state index in [0.29, 0.717) is 38.9 Å². The third-order valence-corrected chi connectivity index (χ3v) is 5.40. The smallest absolute Gasteiger partial charge is 0.408 e. The largest absolute Gasteiger partial charge is 0.444 e. The van der Waals surface area contributed by atoms with Gasteiger partial charge in [-0.05, 0) is 52.0 Å². The van der Waals surface area contributed by atoms with Crippen molar-refractivity contribution in [2.45, 2.75) is 70.7 Å². The van der Waals surface area contributed by atoms with Crippen LogP contribution >= 0.6 is 0 Å². The quantitative estimate of drug-likeness (QED) is 0.189. The SMILES string of the molecule is CC(C)(C)OC(=O)N[C@H](COCc1ccccc1)C(=O)N1CCC[C@H]1C(=O)NCCCCN=C(N)N. The van der Waals surface area contributed by atoms with Gasteiger partial charge in [-0.15, -0.1) is 0 Å². The number of benzene rings is 1. The van der Waals surface area contributed by atoms with E-state index in [0.717, 1.165) is 12.0 Å². The molecule has 36 heavy (non-hydrogen) atoms. The number of nitrogens with one attached hydrogen (secondary N) is 2. The number of unbranched alkanes of at least 4 members (excludes halogenated alkanes) is 1. The van der Waals surface area contributed by atoms with Crippen molar-refractivity contribution in [3.8, 4) is 0 Å². The molecule has 0 bridgehead atoms. The van der Waals surface area contributed by atoms with Crippen LogP contribution in [0.3, 0.4) is 0 Å². The molecule has 0 aliphatic carbocycles. The Morgan fingerprint density at radius 1 is 1.17 bits per heavy atom. The van der Waals surface area contributed by atoms with Crippen LogP contribution in [0.2, 0.25) is 0 Å². The van der Waals surface area contributed by atoms with Gasteiger partial charge in [-0.25, -0.2) is 4.79 Å². The molecule has 1 saturated heterocycles. The summed E-state index contributed by atoms with van der Waals surface area (Å²) in [5.74, 6) is -0.551. The number of carbonyl (C=O) groups is 3. The molecular formula is C25H40N6O5. The monoisotopic (exact) mass is 504 g/mol. The van der Waals surface area contributed by atoms with Crippen LogP contribution in [0.4, 0.5) is 4.79 Å². The number of aliphatic imine (C=N–C) groups is 1. The summed E-state index contributed by atoms with van der Waals surface area (Å²) in [5, 5.41) is 5.52. The lowest BCUT2D eigenvalue weighted by Crippen LogP contribution is -2.55. The summed E-state index contributed by atoms with van der Waals surface area (Å²) in [6.07, 6.45) is 1.96. The van der Waals surface area contributed by atoms with Crippen molar-refractivity contribution in [1.29, 1.82) is 0 Å². The molecule has 3 amide bonds. The van der Waals surface area contributed by atoms with E-state index in [9.17, 15) is 14.4 Å². The molecule has 0 aromatic heterocycles. The first-order valence-electron chi connectivity index (χ1n) is 12.3. The fourth-order valence-electron chi connectivity index (χ4n) is 3.77. The van der Waals surface area contributed by atoms with Crippen molar-refractivity contribution in [2.75, 3.05) is 26.2 Å². The van der Waals surface area contributed by atoms with E-state index in [1.807, 2.05) is 30.3 Å². The second kappa shape index (κ2) is 14.3. The Labute approximate surface area is 213 Å². The molecule has 1 aliphatic rings. The second-order valence-corrected chi connectivity index (χ2v) is 9.69. The maximum absolute atomic E-state index is 13.4. The summed E-state index contributed by atoms with van der Waals surface area (Å²) in [7, 11) is 0. The Bertz CT molecular complexity index is 883. The Kier molecular flexibility index (Phi) is 11.5. The molecular weight excluding hydrogens is 464 g/mol. The van der Waals surface area contributed by atoms with Crippen LogP contribution in [0.1, 0.15) is 52.0 Å². The first-order chi connectivity index (χ1) is 17.1. The summed E-state index contributed by atoms with van der Waals surface area (Å²) in [4.78, 5) is 44.1. The third-order valence-electron chi connectivity index (χ3n) is 5.40. The van der Waals surface area contributed by atoms with E-state index in [1.54, 1.807) is 20.8 Å². The zero-order valence-electron chi connectivity index (χ0n) is 21.5. The molecule has 11 heteroatoms. The van der Waals surface area contributed by atoms with Crippen LogP contribution in [0.15, 0.2) is 35.3 Å². The lowest BCUT2D eigenvalue weighted by molar-refractivity contribution is -0.141. The number of hydrogen-bond donors (Lipinski definition) is 4. The average Bonchev–Trinajstić information content (AvgIpc) is 3.29. The van der Waals surface area contributed by atoms with Crippen molar-refractivity contribution < 1.29 is 23.9 Å². The van der Waals surface area contributed by atoms with Gasteiger partial charge in [0.05, 0.1) is 13.2 Å². The summed E-state index contributed by atoms with van der Waals surface area (Å²) in [5.41, 5.74) is 10.8. The van der Waals surface area contributed by atoms with Gasteiger partial charge in [-0.1, -0.05) is 30.3 Å². The van der Waals surface area contributed by atoms with Crippen LogP contribution in [0.25, 0.3) is 0 Å². The summed E-state index contributed by atoms with van der Waals surface area (Å²) < 4.78 is 11.1. The van der Waals surface area contributed by atoms with Crippen molar-refractivity contribution in [2.24, 2.45) is 16.5 Å². The molecule has 0 unspecified atom stereocenters. The van der Waals surface area contributed by atoms with E-state index in [4.69, 9.17) is 20.9 Å². The number of rotatable bonds is 12. The van der Waals surface area contributed by atoms with Crippen molar-refractivity contribution in [1.82, 2.24) is 15.5 Å². The summed E-state index contributed by atoms with van der Waals surface area (Å²) in [6, 6.07) is 7.93. The van der Waals surface area contributed by atoms with E-state index in [-0.39, 0.29) is 31.0 Å². The molecule has 1 aromatic carbocycles. The normalized spacial score (nSPS) is 16.2. The fourth-order valence-corrected chi connectivity index (χ4v) is 3.77. The van der Waals surface area contributed by atoms with Crippen LogP contribution in [0.5, 0.6) is 0 Å². The maximum Gasteiger partial charge on any atom is 0.408 e. The Balaban J connectivity index is 1.97. The van der Waals surface area contributed by atoms with E-state index in [2.05, 4.69) is 15.6 Å². The fraction of sp³-hybridized carbons (Fsp3) is 0.600. The molecule has 2 rings (SSSR count). The van der Waals surface area contributed by atoms with Crippen LogP contribution in [-0.2, 0) is 25.7 Å². The van der Waals surface area contributed by atoms with Gasteiger partial charge in [0.1, 0.15) is 17.7 Å². The predicted octanol–water partition coefficient (Wildman–Crippen LogP) is 1.26. The van der Waals surface area contributed by atoms with E-state index < -0.39 is 23.8 Å². The molecule has 200 valence electrons. The third kappa shape index (κ3) is 10.5. The lowest BCUT2D eigenvalue weighted by atomic mass is 10.1. The Hall–Kier alpha value is -3.34. The van der Waals surface area contributed by atoms with Crippen LogP contribution in [0, 0.1) is 0 Å². The highest BCUT2D eigenvalue weighted by Crippen LogP contribution is 2.19. The zero-order chi connectivity index (χ0) is 26.6. The molecule has 1 aliphatic heterocycles. The van der Waals surface area contributed by atoms with Gasteiger partial charge >= 0.3 is 6.09 Å².